The van der Waals surface area contributed by atoms with E-state index in [1.807, 2.05) is 6.92 Å². The Balaban J connectivity index is 1.98. The molecule has 0 saturated carbocycles. The lowest BCUT2D eigenvalue weighted by atomic mass is 9.72. The van der Waals surface area contributed by atoms with E-state index in [1.165, 1.54) is 50.0 Å². The average Bonchev–Trinajstić information content (AvgIpc) is 2.36. The molecule has 2 rings (SSSR count). The van der Waals surface area contributed by atoms with Gasteiger partial charge in [-0.25, -0.2) is 0 Å². The van der Waals surface area contributed by atoms with Crippen LogP contribution in [0.1, 0.15) is 58.1 Å². The molecule has 0 aliphatic carbocycles. The molecule has 1 aromatic rings. The Kier molecular flexibility index (Phi) is 4.51. The zero-order chi connectivity index (χ0) is 13.9. The van der Waals surface area contributed by atoms with Gasteiger partial charge in [0.1, 0.15) is 0 Å². The van der Waals surface area contributed by atoms with Crippen LogP contribution in [0.15, 0.2) is 24.3 Å². The Labute approximate surface area is 118 Å². The SMILES string of the molecule is CCCC1(CCC)CN(c2ccc(C(C)N)cc2)C1. The van der Waals surface area contributed by atoms with Gasteiger partial charge in [-0.1, -0.05) is 38.8 Å². The number of anilines is 1. The molecule has 1 heterocycles. The minimum Gasteiger partial charge on any atom is -0.370 e. The van der Waals surface area contributed by atoms with Gasteiger partial charge in [-0.3, -0.25) is 0 Å². The normalized spacial score (nSPS) is 19.1. The quantitative estimate of drug-likeness (QED) is 0.834. The van der Waals surface area contributed by atoms with Gasteiger partial charge in [-0.05, 0) is 37.5 Å². The second-order valence-electron chi connectivity index (χ2n) is 6.24. The van der Waals surface area contributed by atoms with Crippen molar-refractivity contribution < 1.29 is 0 Å². The third-order valence-corrected chi connectivity index (χ3v) is 4.40. The topological polar surface area (TPSA) is 29.3 Å². The molecule has 19 heavy (non-hydrogen) atoms. The lowest BCUT2D eigenvalue weighted by molar-refractivity contribution is 0.173. The predicted octanol–water partition coefficient (Wildman–Crippen LogP) is 4.11. The molecule has 106 valence electrons. The van der Waals surface area contributed by atoms with Crippen molar-refractivity contribution in [1.82, 2.24) is 0 Å². The van der Waals surface area contributed by atoms with Crippen LogP contribution in [0.25, 0.3) is 0 Å². The molecule has 1 aliphatic rings. The second kappa shape index (κ2) is 5.96. The standard InChI is InChI=1S/C17H28N2/c1-4-10-17(11-5-2)12-19(13-17)16-8-6-15(7-9-16)14(3)18/h6-9,14H,4-5,10-13,18H2,1-3H3. The van der Waals surface area contributed by atoms with Crippen molar-refractivity contribution in [3.8, 4) is 0 Å². The van der Waals surface area contributed by atoms with E-state index >= 15 is 0 Å². The molecule has 0 amide bonds. The van der Waals surface area contributed by atoms with Crippen LogP contribution in [0.3, 0.4) is 0 Å². The van der Waals surface area contributed by atoms with E-state index in [0.29, 0.717) is 5.41 Å². The Hall–Kier alpha value is -1.02. The van der Waals surface area contributed by atoms with Crippen LogP contribution in [0.2, 0.25) is 0 Å². The van der Waals surface area contributed by atoms with Gasteiger partial charge in [0.25, 0.3) is 0 Å². The van der Waals surface area contributed by atoms with E-state index in [1.54, 1.807) is 0 Å². The highest BCUT2D eigenvalue weighted by Gasteiger charge is 2.41. The summed E-state index contributed by atoms with van der Waals surface area (Å²) in [6, 6.07) is 8.91. The molecule has 1 aromatic carbocycles. The second-order valence-corrected chi connectivity index (χ2v) is 6.24. The van der Waals surface area contributed by atoms with E-state index in [4.69, 9.17) is 5.73 Å². The molecule has 0 bridgehead atoms. The fraction of sp³-hybridized carbons (Fsp3) is 0.647. The molecular weight excluding hydrogens is 232 g/mol. The fourth-order valence-corrected chi connectivity index (χ4v) is 3.44. The first-order chi connectivity index (χ1) is 9.10. The summed E-state index contributed by atoms with van der Waals surface area (Å²) in [6.45, 7) is 9.10. The van der Waals surface area contributed by atoms with Gasteiger partial charge in [0.2, 0.25) is 0 Å². The molecule has 2 heteroatoms. The maximum atomic E-state index is 5.89. The Bertz CT molecular complexity index is 380. The van der Waals surface area contributed by atoms with Gasteiger partial charge in [-0.15, -0.1) is 0 Å². The molecule has 0 radical (unpaired) electrons. The minimum atomic E-state index is 0.129. The highest BCUT2D eigenvalue weighted by Crippen LogP contribution is 2.41. The summed E-state index contributed by atoms with van der Waals surface area (Å²) < 4.78 is 0. The zero-order valence-electron chi connectivity index (χ0n) is 12.7. The van der Waals surface area contributed by atoms with Crippen molar-refractivity contribution in [3.63, 3.8) is 0 Å². The number of rotatable bonds is 6. The highest BCUT2D eigenvalue weighted by atomic mass is 15.2. The molecule has 1 saturated heterocycles. The fourth-order valence-electron chi connectivity index (χ4n) is 3.44. The van der Waals surface area contributed by atoms with Crippen molar-refractivity contribution in [1.29, 1.82) is 0 Å². The summed E-state index contributed by atoms with van der Waals surface area (Å²) in [5.74, 6) is 0. The summed E-state index contributed by atoms with van der Waals surface area (Å²) >= 11 is 0. The smallest absolute Gasteiger partial charge is 0.0366 e. The summed E-state index contributed by atoms with van der Waals surface area (Å²) in [7, 11) is 0. The molecular formula is C17H28N2. The molecule has 1 fully saturated rings. The molecule has 1 unspecified atom stereocenters. The van der Waals surface area contributed by atoms with Gasteiger partial charge >= 0.3 is 0 Å². The van der Waals surface area contributed by atoms with E-state index in [9.17, 15) is 0 Å². The molecule has 2 nitrogen and oxygen atoms in total. The van der Waals surface area contributed by atoms with Crippen LogP contribution < -0.4 is 10.6 Å². The van der Waals surface area contributed by atoms with Crippen LogP contribution in [0, 0.1) is 5.41 Å². The van der Waals surface area contributed by atoms with Crippen molar-refractivity contribution >= 4 is 5.69 Å². The van der Waals surface area contributed by atoms with Gasteiger partial charge < -0.3 is 10.6 Å². The first-order valence-electron chi connectivity index (χ1n) is 7.71. The van der Waals surface area contributed by atoms with Gasteiger partial charge in [0.15, 0.2) is 0 Å². The largest absolute Gasteiger partial charge is 0.370 e. The third-order valence-electron chi connectivity index (χ3n) is 4.40. The summed E-state index contributed by atoms with van der Waals surface area (Å²) in [4.78, 5) is 2.51. The maximum Gasteiger partial charge on any atom is 0.0366 e. The lowest BCUT2D eigenvalue weighted by Gasteiger charge is -2.52. The van der Waals surface area contributed by atoms with E-state index in [2.05, 4.69) is 43.0 Å². The number of benzene rings is 1. The lowest BCUT2D eigenvalue weighted by Crippen LogP contribution is -2.56. The average molecular weight is 260 g/mol. The maximum absolute atomic E-state index is 5.89. The highest BCUT2D eigenvalue weighted by molar-refractivity contribution is 5.51. The zero-order valence-corrected chi connectivity index (χ0v) is 12.7. The van der Waals surface area contributed by atoms with Crippen LogP contribution in [0.4, 0.5) is 5.69 Å². The van der Waals surface area contributed by atoms with Gasteiger partial charge in [0, 0.05) is 30.2 Å². The van der Waals surface area contributed by atoms with Crippen LogP contribution in [-0.4, -0.2) is 13.1 Å². The summed E-state index contributed by atoms with van der Waals surface area (Å²) in [6.07, 6.45) is 5.35. The summed E-state index contributed by atoms with van der Waals surface area (Å²) in [5.41, 5.74) is 9.06. The number of hydrogen-bond acceptors (Lipinski definition) is 2. The third kappa shape index (κ3) is 3.11. The number of nitrogens with zero attached hydrogens (tertiary/aromatic N) is 1. The minimum absolute atomic E-state index is 0.129. The Morgan fingerprint density at radius 3 is 2.05 bits per heavy atom. The van der Waals surface area contributed by atoms with Gasteiger partial charge in [-0.2, -0.15) is 0 Å². The van der Waals surface area contributed by atoms with E-state index < -0.39 is 0 Å². The van der Waals surface area contributed by atoms with Crippen molar-refractivity contribution in [3.05, 3.63) is 29.8 Å². The molecule has 0 aromatic heterocycles. The molecule has 2 N–H and O–H groups in total. The monoisotopic (exact) mass is 260 g/mol. The predicted molar refractivity (Wildman–Crippen MR) is 83.5 cm³/mol. The van der Waals surface area contributed by atoms with Crippen molar-refractivity contribution in [2.45, 2.75) is 52.5 Å². The molecule has 0 spiro atoms. The first-order valence-corrected chi connectivity index (χ1v) is 7.71. The summed E-state index contributed by atoms with van der Waals surface area (Å²) in [5, 5.41) is 0. The van der Waals surface area contributed by atoms with Crippen LogP contribution in [-0.2, 0) is 0 Å². The number of hydrogen-bond donors (Lipinski definition) is 1. The Morgan fingerprint density at radius 2 is 1.63 bits per heavy atom. The van der Waals surface area contributed by atoms with E-state index in [0.717, 1.165) is 0 Å². The van der Waals surface area contributed by atoms with Gasteiger partial charge in [0.05, 0.1) is 0 Å². The van der Waals surface area contributed by atoms with Crippen molar-refractivity contribution in [2.24, 2.45) is 11.1 Å². The first kappa shape index (κ1) is 14.4. The van der Waals surface area contributed by atoms with Crippen molar-refractivity contribution in [2.75, 3.05) is 18.0 Å². The molecule has 1 atom stereocenters. The Morgan fingerprint density at radius 1 is 1.11 bits per heavy atom. The van der Waals surface area contributed by atoms with Crippen LogP contribution >= 0.6 is 0 Å². The van der Waals surface area contributed by atoms with Crippen LogP contribution in [0.5, 0.6) is 0 Å². The number of nitrogens with two attached hydrogens (primary N) is 1. The molecule has 1 aliphatic heterocycles. The van der Waals surface area contributed by atoms with E-state index in [-0.39, 0.29) is 6.04 Å².